The number of hydrogen-bond donors (Lipinski definition) is 2. The van der Waals surface area contributed by atoms with E-state index in [1.165, 1.54) is 23.1 Å². The van der Waals surface area contributed by atoms with Gasteiger partial charge in [0.2, 0.25) is 11.8 Å². The van der Waals surface area contributed by atoms with Crippen molar-refractivity contribution in [3.63, 3.8) is 0 Å². The Labute approximate surface area is 202 Å². The fourth-order valence-electron chi connectivity index (χ4n) is 2.83. The average Bonchev–Trinajstić information content (AvgIpc) is 3.46. The first-order valence-corrected chi connectivity index (χ1v) is 12.7. The van der Waals surface area contributed by atoms with Crippen LogP contribution >= 0.6 is 46.0 Å². The van der Waals surface area contributed by atoms with E-state index >= 15 is 0 Å². The number of aromatic nitrogens is 1. The predicted octanol–water partition coefficient (Wildman–Crippen LogP) is 6.44. The van der Waals surface area contributed by atoms with Crippen molar-refractivity contribution in [1.82, 2.24) is 4.98 Å². The van der Waals surface area contributed by atoms with Gasteiger partial charge in [0.1, 0.15) is 0 Å². The highest BCUT2D eigenvalue weighted by Crippen LogP contribution is 2.28. The van der Waals surface area contributed by atoms with Gasteiger partial charge in [-0.25, -0.2) is 4.98 Å². The second-order valence-corrected chi connectivity index (χ2v) is 10.0. The molecule has 0 bridgehead atoms. The predicted molar refractivity (Wildman–Crippen MR) is 135 cm³/mol. The highest BCUT2D eigenvalue weighted by Gasteiger charge is 2.10. The zero-order valence-electron chi connectivity index (χ0n) is 16.7. The van der Waals surface area contributed by atoms with Gasteiger partial charge in [0.05, 0.1) is 22.7 Å². The number of nitrogens with one attached hydrogen (secondary N) is 2. The Bertz CT molecular complexity index is 1210. The van der Waals surface area contributed by atoms with E-state index in [2.05, 4.69) is 15.6 Å². The normalized spacial score (nSPS) is 10.7. The summed E-state index contributed by atoms with van der Waals surface area (Å²) >= 11 is 10.3. The minimum absolute atomic E-state index is 0.113. The van der Waals surface area contributed by atoms with E-state index in [-0.39, 0.29) is 24.0 Å². The molecule has 162 valence electrons. The first kappa shape index (κ1) is 22.5. The van der Waals surface area contributed by atoms with Gasteiger partial charge in [-0.15, -0.1) is 34.4 Å². The van der Waals surface area contributed by atoms with Crippen LogP contribution in [0, 0.1) is 0 Å². The van der Waals surface area contributed by atoms with Gasteiger partial charge in [-0.05, 0) is 47.3 Å². The fraction of sp³-hybridized carbons (Fsp3) is 0.0870. The molecular formula is C23H18ClN3O2S3. The van der Waals surface area contributed by atoms with Gasteiger partial charge in [0.25, 0.3) is 0 Å². The number of thiophene rings is 1. The summed E-state index contributed by atoms with van der Waals surface area (Å²) in [5.41, 5.74) is 2.45. The van der Waals surface area contributed by atoms with Gasteiger partial charge in [0.15, 0.2) is 5.13 Å². The van der Waals surface area contributed by atoms with Gasteiger partial charge in [-0.1, -0.05) is 35.9 Å². The lowest BCUT2D eigenvalue weighted by atomic mass is 10.1. The van der Waals surface area contributed by atoms with E-state index in [9.17, 15) is 9.59 Å². The Hall–Kier alpha value is -2.65. The number of amides is 2. The number of halogens is 1. The first-order chi connectivity index (χ1) is 15.5. The third kappa shape index (κ3) is 6.43. The summed E-state index contributed by atoms with van der Waals surface area (Å²) in [5.74, 6) is 0.00703. The summed E-state index contributed by atoms with van der Waals surface area (Å²) in [6, 6.07) is 18.6. The number of benzene rings is 2. The Morgan fingerprint density at radius 2 is 1.81 bits per heavy atom. The second-order valence-electron chi connectivity index (χ2n) is 6.73. The lowest BCUT2D eigenvalue weighted by Crippen LogP contribution is -2.15. The van der Waals surface area contributed by atoms with Gasteiger partial charge in [0, 0.05) is 21.0 Å². The molecule has 0 aliphatic heterocycles. The van der Waals surface area contributed by atoms with E-state index in [0.29, 0.717) is 15.8 Å². The lowest BCUT2D eigenvalue weighted by molar-refractivity contribution is -0.115. The molecule has 2 amide bonds. The topological polar surface area (TPSA) is 71.1 Å². The molecule has 32 heavy (non-hydrogen) atoms. The van der Waals surface area contributed by atoms with Crippen LogP contribution in [0.3, 0.4) is 0 Å². The van der Waals surface area contributed by atoms with Crippen molar-refractivity contribution in [3.05, 3.63) is 82.0 Å². The highest BCUT2D eigenvalue weighted by atomic mass is 35.5. The van der Waals surface area contributed by atoms with E-state index in [4.69, 9.17) is 11.6 Å². The van der Waals surface area contributed by atoms with Crippen LogP contribution in [-0.4, -0.2) is 22.6 Å². The molecule has 5 nitrogen and oxygen atoms in total. The molecule has 0 aliphatic rings. The molecule has 2 aromatic heterocycles. The SMILES string of the molecule is O=C(Cc1ccc(Cl)cc1)Nc1cccc(SCC(=O)Nc2nc(-c3cccs3)cs2)c1. The molecule has 4 rings (SSSR count). The molecule has 0 unspecified atom stereocenters. The summed E-state index contributed by atoms with van der Waals surface area (Å²) in [4.78, 5) is 31.1. The maximum Gasteiger partial charge on any atom is 0.236 e. The molecule has 0 saturated heterocycles. The average molecular weight is 500 g/mol. The molecule has 0 atom stereocenters. The molecule has 2 heterocycles. The molecule has 0 saturated carbocycles. The van der Waals surface area contributed by atoms with Gasteiger partial charge < -0.3 is 10.6 Å². The standard InChI is InChI=1S/C23H18ClN3O2S3/c24-16-8-6-15(7-9-16)11-21(28)25-17-3-1-4-18(12-17)31-14-22(29)27-23-26-19(13-32-23)20-5-2-10-30-20/h1-10,12-13H,11,14H2,(H,25,28)(H,26,27,29). The molecule has 0 spiro atoms. The summed E-state index contributed by atoms with van der Waals surface area (Å²) in [7, 11) is 0. The van der Waals surface area contributed by atoms with Crippen molar-refractivity contribution in [2.45, 2.75) is 11.3 Å². The Balaban J connectivity index is 1.27. The number of hydrogen-bond acceptors (Lipinski definition) is 6. The Morgan fingerprint density at radius 3 is 2.59 bits per heavy atom. The molecule has 0 aliphatic carbocycles. The Kier molecular flexibility index (Phi) is 7.59. The van der Waals surface area contributed by atoms with Crippen LogP contribution in [0.1, 0.15) is 5.56 Å². The van der Waals surface area contributed by atoms with Crippen LogP contribution in [0.2, 0.25) is 5.02 Å². The smallest absolute Gasteiger partial charge is 0.236 e. The number of thioether (sulfide) groups is 1. The molecule has 9 heteroatoms. The zero-order valence-corrected chi connectivity index (χ0v) is 19.9. The molecule has 0 radical (unpaired) electrons. The van der Waals surface area contributed by atoms with Crippen molar-refractivity contribution >= 4 is 68.7 Å². The number of rotatable bonds is 8. The largest absolute Gasteiger partial charge is 0.326 e. The molecule has 2 aromatic carbocycles. The highest BCUT2D eigenvalue weighted by molar-refractivity contribution is 8.00. The van der Waals surface area contributed by atoms with Crippen LogP contribution in [0.25, 0.3) is 10.6 Å². The van der Waals surface area contributed by atoms with Crippen LogP contribution in [0.4, 0.5) is 10.8 Å². The lowest BCUT2D eigenvalue weighted by Gasteiger charge is -2.08. The van der Waals surface area contributed by atoms with Crippen molar-refractivity contribution in [3.8, 4) is 10.6 Å². The molecular weight excluding hydrogens is 482 g/mol. The summed E-state index contributed by atoms with van der Waals surface area (Å²) in [6.45, 7) is 0. The van der Waals surface area contributed by atoms with E-state index in [1.807, 2.05) is 59.3 Å². The van der Waals surface area contributed by atoms with Crippen LogP contribution in [0.15, 0.2) is 76.3 Å². The number of nitrogens with zero attached hydrogens (tertiary/aromatic N) is 1. The van der Waals surface area contributed by atoms with Gasteiger partial charge in [-0.2, -0.15) is 0 Å². The number of thiazole rings is 1. The minimum atomic E-state index is -0.126. The van der Waals surface area contributed by atoms with Gasteiger partial charge in [-0.3, -0.25) is 9.59 Å². The third-order valence-corrected chi connectivity index (χ3v) is 7.19. The molecule has 0 fully saturated rings. The van der Waals surface area contributed by atoms with Crippen LogP contribution < -0.4 is 10.6 Å². The van der Waals surface area contributed by atoms with Crippen molar-refractivity contribution < 1.29 is 9.59 Å². The summed E-state index contributed by atoms with van der Waals surface area (Å²) < 4.78 is 0. The maximum atomic E-state index is 12.3. The van der Waals surface area contributed by atoms with Gasteiger partial charge >= 0.3 is 0 Å². The van der Waals surface area contributed by atoms with E-state index < -0.39 is 0 Å². The van der Waals surface area contributed by atoms with E-state index in [1.54, 1.807) is 23.5 Å². The van der Waals surface area contributed by atoms with Crippen LogP contribution in [-0.2, 0) is 16.0 Å². The number of carbonyl (C=O) groups excluding carboxylic acids is 2. The Morgan fingerprint density at radius 1 is 0.969 bits per heavy atom. The van der Waals surface area contributed by atoms with Crippen LogP contribution in [0.5, 0.6) is 0 Å². The van der Waals surface area contributed by atoms with Crippen molar-refractivity contribution in [2.24, 2.45) is 0 Å². The quantitative estimate of drug-likeness (QED) is 0.274. The zero-order chi connectivity index (χ0) is 22.3. The van der Waals surface area contributed by atoms with Crippen molar-refractivity contribution in [2.75, 3.05) is 16.4 Å². The maximum absolute atomic E-state index is 12.3. The van der Waals surface area contributed by atoms with E-state index in [0.717, 1.165) is 21.0 Å². The summed E-state index contributed by atoms with van der Waals surface area (Å²) in [6.07, 6.45) is 0.262. The summed E-state index contributed by atoms with van der Waals surface area (Å²) in [5, 5.41) is 10.9. The van der Waals surface area contributed by atoms with Crippen molar-refractivity contribution in [1.29, 1.82) is 0 Å². The fourth-order valence-corrected chi connectivity index (χ4v) is 5.20. The molecule has 4 aromatic rings. The first-order valence-electron chi connectivity index (χ1n) is 9.61. The minimum Gasteiger partial charge on any atom is -0.326 e. The molecule has 2 N–H and O–H groups in total. The number of anilines is 2. The third-order valence-electron chi connectivity index (χ3n) is 4.29. The number of carbonyl (C=O) groups is 2. The monoisotopic (exact) mass is 499 g/mol. The second kappa shape index (κ2) is 10.8.